The summed E-state index contributed by atoms with van der Waals surface area (Å²) in [6.45, 7) is 0. The number of nitrogens with one attached hydrogen (secondary N) is 4. The molecule has 1 rings (SSSR count). The smallest absolute Gasteiger partial charge is 0.265 e. The Morgan fingerprint density at radius 2 is 1.21 bits per heavy atom. The van der Waals surface area contributed by atoms with Gasteiger partial charge in [-0.05, 0) is 18.2 Å². The molecule has 9 heteroatoms. The molecular weight excluding hydrogens is 252 g/mol. The van der Waals surface area contributed by atoms with Crippen LogP contribution in [0.1, 0.15) is 31.1 Å². The van der Waals surface area contributed by atoms with Crippen molar-refractivity contribution in [2.24, 2.45) is 11.7 Å². The summed E-state index contributed by atoms with van der Waals surface area (Å²) in [6, 6.07) is 3.85. The van der Waals surface area contributed by atoms with Crippen molar-refractivity contribution < 1.29 is 14.4 Å². The molecule has 0 fully saturated rings. The maximum absolute atomic E-state index is 11.7. The van der Waals surface area contributed by atoms with E-state index >= 15 is 0 Å². The number of carbonyl (C=O) groups excluding carboxylic acids is 3. The van der Waals surface area contributed by atoms with Gasteiger partial charge in [-0.1, -0.05) is 0 Å². The first kappa shape index (κ1) is 14.6. The highest BCUT2D eigenvalue weighted by Gasteiger charge is 2.15. The molecule has 0 saturated heterocycles. The lowest BCUT2D eigenvalue weighted by atomic mass is 10.0. The van der Waals surface area contributed by atoms with Gasteiger partial charge >= 0.3 is 0 Å². The number of benzene rings is 1. The van der Waals surface area contributed by atoms with Crippen LogP contribution in [0.15, 0.2) is 18.2 Å². The monoisotopic (exact) mass is 266 g/mol. The van der Waals surface area contributed by atoms with Crippen molar-refractivity contribution >= 4 is 17.7 Å². The average Bonchev–Trinajstić information content (AvgIpc) is 2.45. The number of nitrogens with two attached hydrogens (primary N) is 2. The molecule has 0 unspecified atom stereocenters. The predicted molar refractivity (Wildman–Crippen MR) is 66.3 cm³/mol. The fraction of sp³-hybridized carbons (Fsp3) is 0.100. The van der Waals surface area contributed by atoms with Crippen LogP contribution >= 0.6 is 0 Å². The summed E-state index contributed by atoms with van der Waals surface area (Å²) in [5.74, 6) is 8.24. The van der Waals surface area contributed by atoms with E-state index in [1.54, 1.807) is 0 Å². The molecule has 19 heavy (non-hydrogen) atoms. The highest BCUT2D eigenvalue weighted by atomic mass is 16.2. The van der Waals surface area contributed by atoms with Crippen LogP contribution in [0.2, 0.25) is 0 Å². The molecule has 8 N–H and O–H groups in total. The quantitative estimate of drug-likeness (QED) is 0.206. The second-order valence-electron chi connectivity index (χ2n) is 3.45. The molecule has 0 bridgehead atoms. The Hall–Kier alpha value is -2.49. The Morgan fingerprint density at radius 1 is 0.842 bits per heavy atom. The van der Waals surface area contributed by atoms with E-state index in [0.717, 1.165) is 0 Å². The number of carbonyl (C=O) groups is 3. The zero-order chi connectivity index (χ0) is 14.4. The normalized spacial score (nSPS) is 9.63. The van der Waals surface area contributed by atoms with E-state index in [-0.39, 0.29) is 16.7 Å². The van der Waals surface area contributed by atoms with Crippen LogP contribution in [0.25, 0.3) is 0 Å². The van der Waals surface area contributed by atoms with E-state index in [0.29, 0.717) is 0 Å². The number of nitrogen functional groups attached to an aromatic ring is 2. The van der Waals surface area contributed by atoms with Crippen LogP contribution in [0.4, 0.5) is 0 Å². The van der Waals surface area contributed by atoms with Gasteiger partial charge in [0.1, 0.15) is 0 Å². The lowest BCUT2D eigenvalue weighted by molar-refractivity contribution is 0.0938. The van der Waals surface area contributed by atoms with E-state index < -0.39 is 17.7 Å². The van der Waals surface area contributed by atoms with Gasteiger partial charge in [0.15, 0.2) is 0 Å². The number of hydrazine groups is 3. The molecule has 0 saturated carbocycles. The Bertz CT molecular complexity index is 482. The van der Waals surface area contributed by atoms with E-state index in [4.69, 9.17) is 11.7 Å². The Balaban J connectivity index is 3.27. The van der Waals surface area contributed by atoms with Crippen LogP contribution in [-0.4, -0.2) is 24.8 Å². The summed E-state index contributed by atoms with van der Waals surface area (Å²) in [5, 5.41) is 0. The van der Waals surface area contributed by atoms with Gasteiger partial charge in [0.2, 0.25) is 0 Å². The topological polar surface area (TPSA) is 151 Å². The zero-order valence-electron chi connectivity index (χ0n) is 10.1. The number of hydrogen-bond donors (Lipinski definition) is 6. The Morgan fingerprint density at radius 3 is 1.53 bits per heavy atom. The van der Waals surface area contributed by atoms with Gasteiger partial charge in [0, 0.05) is 23.7 Å². The predicted octanol–water partition coefficient (Wildman–Crippen LogP) is -2.24. The SMILES string of the molecule is CNNC(=O)c1cc(C(=O)NN)cc(C(=O)NN)c1. The van der Waals surface area contributed by atoms with E-state index in [9.17, 15) is 14.4 Å². The largest absolute Gasteiger partial charge is 0.290 e. The minimum atomic E-state index is -0.634. The van der Waals surface area contributed by atoms with Crippen LogP contribution in [0.3, 0.4) is 0 Å². The molecular formula is C10H14N6O3. The lowest BCUT2D eigenvalue weighted by Gasteiger charge is -2.08. The van der Waals surface area contributed by atoms with Crippen molar-refractivity contribution in [1.29, 1.82) is 0 Å². The zero-order valence-corrected chi connectivity index (χ0v) is 10.1. The van der Waals surface area contributed by atoms with Crippen molar-refractivity contribution in [3.63, 3.8) is 0 Å². The molecule has 1 aromatic carbocycles. The van der Waals surface area contributed by atoms with Gasteiger partial charge in [-0.15, -0.1) is 0 Å². The van der Waals surface area contributed by atoms with Crippen molar-refractivity contribution in [3.05, 3.63) is 34.9 Å². The van der Waals surface area contributed by atoms with Gasteiger partial charge in [-0.25, -0.2) is 17.1 Å². The van der Waals surface area contributed by atoms with Crippen molar-refractivity contribution in [2.75, 3.05) is 7.05 Å². The van der Waals surface area contributed by atoms with Crippen molar-refractivity contribution in [1.82, 2.24) is 21.7 Å². The summed E-state index contributed by atoms with van der Waals surface area (Å²) < 4.78 is 0. The first-order chi connectivity index (χ1) is 9.03. The summed E-state index contributed by atoms with van der Waals surface area (Å²) in [4.78, 5) is 34.6. The van der Waals surface area contributed by atoms with E-state index in [1.807, 2.05) is 10.9 Å². The van der Waals surface area contributed by atoms with Gasteiger partial charge in [0.05, 0.1) is 0 Å². The molecule has 0 radical (unpaired) electrons. The minimum Gasteiger partial charge on any atom is -0.290 e. The molecule has 0 aliphatic heterocycles. The summed E-state index contributed by atoms with van der Waals surface area (Å²) in [7, 11) is 1.50. The highest BCUT2D eigenvalue weighted by molar-refractivity contribution is 6.04. The van der Waals surface area contributed by atoms with Gasteiger partial charge in [0.25, 0.3) is 17.7 Å². The Labute approximate surface area is 108 Å². The molecule has 0 aliphatic carbocycles. The maximum Gasteiger partial charge on any atom is 0.265 e. The average molecular weight is 266 g/mol. The number of hydrogen-bond acceptors (Lipinski definition) is 6. The second-order valence-corrected chi connectivity index (χ2v) is 3.45. The fourth-order valence-electron chi connectivity index (χ4n) is 1.37. The van der Waals surface area contributed by atoms with Crippen LogP contribution in [0.5, 0.6) is 0 Å². The molecule has 1 aromatic rings. The first-order valence-corrected chi connectivity index (χ1v) is 5.17. The third-order valence-electron chi connectivity index (χ3n) is 2.22. The van der Waals surface area contributed by atoms with Crippen LogP contribution < -0.4 is 33.4 Å². The third kappa shape index (κ3) is 3.48. The fourth-order valence-corrected chi connectivity index (χ4v) is 1.37. The van der Waals surface area contributed by atoms with Crippen LogP contribution in [0, 0.1) is 0 Å². The summed E-state index contributed by atoms with van der Waals surface area (Å²) in [6.07, 6.45) is 0. The number of amides is 3. The molecule has 0 atom stereocenters. The molecule has 0 heterocycles. The standard InChI is InChI=1S/C10H14N6O3/c1-13-16-10(19)7-3-5(8(17)14-11)2-6(4-7)9(18)15-12/h2-4,13H,11-12H2,1H3,(H,14,17)(H,15,18)(H,16,19). The summed E-state index contributed by atoms with van der Waals surface area (Å²) in [5.41, 5.74) is 8.81. The maximum atomic E-state index is 11.7. The molecule has 0 aromatic heterocycles. The first-order valence-electron chi connectivity index (χ1n) is 5.17. The van der Waals surface area contributed by atoms with Gasteiger partial charge in [-0.3, -0.25) is 30.7 Å². The molecule has 0 spiro atoms. The molecule has 102 valence electrons. The number of rotatable bonds is 4. The van der Waals surface area contributed by atoms with Crippen molar-refractivity contribution in [3.8, 4) is 0 Å². The molecule has 9 nitrogen and oxygen atoms in total. The third-order valence-corrected chi connectivity index (χ3v) is 2.22. The highest BCUT2D eigenvalue weighted by Crippen LogP contribution is 2.10. The van der Waals surface area contributed by atoms with Crippen LogP contribution in [-0.2, 0) is 0 Å². The molecule has 0 aliphatic rings. The molecule has 3 amide bonds. The Kier molecular flexibility index (Phi) is 4.94. The van der Waals surface area contributed by atoms with Crippen molar-refractivity contribution in [2.45, 2.75) is 0 Å². The summed E-state index contributed by atoms with van der Waals surface area (Å²) >= 11 is 0. The van der Waals surface area contributed by atoms with E-state index in [2.05, 4.69) is 10.9 Å². The minimum absolute atomic E-state index is 0.0600. The van der Waals surface area contributed by atoms with E-state index in [1.165, 1.54) is 25.2 Å². The van der Waals surface area contributed by atoms with Gasteiger partial charge < -0.3 is 0 Å². The van der Waals surface area contributed by atoms with Gasteiger partial charge in [-0.2, -0.15) is 0 Å². The second kappa shape index (κ2) is 6.44. The lowest BCUT2D eigenvalue weighted by Crippen LogP contribution is -2.36.